The van der Waals surface area contributed by atoms with Crippen LogP contribution in [0.5, 0.6) is 0 Å². The molecule has 2 heterocycles. The summed E-state index contributed by atoms with van der Waals surface area (Å²) in [6, 6.07) is 16.2. The highest BCUT2D eigenvalue weighted by Gasteiger charge is 2.23. The lowest BCUT2D eigenvalue weighted by Gasteiger charge is -2.37. The van der Waals surface area contributed by atoms with Gasteiger partial charge in [-0.05, 0) is 99.1 Å². The molecule has 3 nitrogen and oxygen atoms in total. The Balaban J connectivity index is 1.67. The van der Waals surface area contributed by atoms with Crippen molar-refractivity contribution in [3.63, 3.8) is 0 Å². The first-order valence-electron chi connectivity index (χ1n) is 11.1. The lowest BCUT2D eigenvalue weighted by Crippen LogP contribution is -2.43. The Kier molecular flexibility index (Phi) is 6.19. The van der Waals surface area contributed by atoms with Gasteiger partial charge in [0, 0.05) is 36.2 Å². The third-order valence-corrected chi connectivity index (χ3v) is 6.58. The largest absolute Gasteiger partial charge is 0.364 e. The molecule has 3 heteroatoms. The second-order valence-corrected chi connectivity index (χ2v) is 8.71. The number of aryl methyl sites for hydroxylation is 3. The van der Waals surface area contributed by atoms with Crippen LogP contribution in [0.25, 0.3) is 11.1 Å². The Morgan fingerprint density at radius 3 is 2.27 bits per heavy atom. The Bertz CT molecular complexity index is 995. The number of nitrogens with one attached hydrogen (secondary N) is 1. The van der Waals surface area contributed by atoms with Crippen LogP contribution < -0.4 is 10.2 Å². The second-order valence-electron chi connectivity index (χ2n) is 8.71. The number of rotatable bonds is 5. The molecule has 1 aliphatic heterocycles. The molecule has 0 radical (unpaired) electrons. The Morgan fingerprint density at radius 2 is 1.57 bits per heavy atom. The maximum absolute atomic E-state index is 4.62. The first kappa shape index (κ1) is 20.6. The Labute approximate surface area is 181 Å². The van der Waals surface area contributed by atoms with E-state index in [0.29, 0.717) is 6.04 Å². The number of nitrogens with zero attached hydrogens (tertiary/aromatic N) is 2. The number of piperidine rings is 1. The van der Waals surface area contributed by atoms with Gasteiger partial charge in [-0.2, -0.15) is 0 Å². The molecule has 2 aromatic carbocycles. The van der Waals surface area contributed by atoms with Gasteiger partial charge in [-0.15, -0.1) is 0 Å². The minimum atomic E-state index is 0.555. The van der Waals surface area contributed by atoms with Crippen LogP contribution in [0.15, 0.2) is 54.9 Å². The van der Waals surface area contributed by atoms with Gasteiger partial charge in [-0.3, -0.25) is 4.98 Å². The van der Waals surface area contributed by atoms with Crippen molar-refractivity contribution in [3.05, 3.63) is 82.7 Å². The predicted octanol–water partition coefficient (Wildman–Crippen LogP) is 5.74. The van der Waals surface area contributed by atoms with E-state index >= 15 is 0 Å². The van der Waals surface area contributed by atoms with Crippen LogP contribution in [0, 0.1) is 27.7 Å². The summed E-state index contributed by atoms with van der Waals surface area (Å²) in [5.74, 6) is 0. The highest BCUT2D eigenvalue weighted by molar-refractivity contribution is 5.66. The van der Waals surface area contributed by atoms with Crippen molar-refractivity contribution in [2.24, 2.45) is 0 Å². The van der Waals surface area contributed by atoms with Crippen LogP contribution >= 0.6 is 0 Å². The molecule has 0 bridgehead atoms. The molecule has 1 N–H and O–H groups in total. The first-order valence-corrected chi connectivity index (χ1v) is 11.1. The predicted molar refractivity (Wildman–Crippen MR) is 127 cm³/mol. The van der Waals surface area contributed by atoms with Crippen molar-refractivity contribution in [2.75, 3.05) is 18.0 Å². The smallest absolute Gasteiger partial charge is 0.0448 e. The standard InChI is InChI=1S/C27H33N3/c1-19-7-5-6-8-27(19)30(26-9-11-28-12-10-26)18-23-15-25(17-29-16-23)24-13-20(2)22(4)21(3)14-24/h5-8,13-17,26,28H,9-12,18H2,1-4H3. The van der Waals surface area contributed by atoms with Gasteiger partial charge < -0.3 is 10.2 Å². The van der Waals surface area contributed by atoms with Crippen LogP contribution in [0.1, 0.15) is 40.7 Å². The molecule has 3 aromatic rings. The Hall–Kier alpha value is -2.65. The zero-order chi connectivity index (χ0) is 21.1. The number of pyridine rings is 1. The van der Waals surface area contributed by atoms with E-state index in [9.17, 15) is 0 Å². The fourth-order valence-electron chi connectivity index (χ4n) is 4.55. The second kappa shape index (κ2) is 9.01. The molecule has 0 atom stereocenters. The van der Waals surface area contributed by atoms with Crippen molar-refractivity contribution >= 4 is 5.69 Å². The van der Waals surface area contributed by atoms with E-state index in [4.69, 9.17) is 0 Å². The molecule has 156 valence electrons. The summed E-state index contributed by atoms with van der Waals surface area (Å²) in [6.45, 7) is 11.9. The molecular weight excluding hydrogens is 366 g/mol. The Morgan fingerprint density at radius 1 is 0.867 bits per heavy atom. The quantitative estimate of drug-likeness (QED) is 0.593. The SMILES string of the molecule is Cc1ccccc1N(Cc1cncc(-c2cc(C)c(C)c(C)c2)c1)C1CCNCC1. The third-order valence-electron chi connectivity index (χ3n) is 6.58. The number of para-hydroxylation sites is 1. The third kappa shape index (κ3) is 4.41. The summed E-state index contributed by atoms with van der Waals surface area (Å²) in [5, 5.41) is 3.51. The van der Waals surface area contributed by atoms with E-state index in [1.54, 1.807) is 0 Å². The zero-order valence-corrected chi connectivity index (χ0v) is 18.7. The average molecular weight is 400 g/mol. The molecule has 1 saturated heterocycles. The first-order chi connectivity index (χ1) is 14.5. The van der Waals surface area contributed by atoms with Gasteiger partial charge in [-0.25, -0.2) is 0 Å². The maximum Gasteiger partial charge on any atom is 0.0448 e. The maximum atomic E-state index is 4.62. The summed E-state index contributed by atoms with van der Waals surface area (Å²) < 4.78 is 0. The van der Waals surface area contributed by atoms with E-state index in [2.05, 4.69) is 85.4 Å². The van der Waals surface area contributed by atoms with Gasteiger partial charge in [0.05, 0.1) is 0 Å². The molecule has 1 aromatic heterocycles. The summed E-state index contributed by atoms with van der Waals surface area (Å²) in [4.78, 5) is 7.22. The van der Waals surface area contributed by atoms with E-state index in [-0.39, 0.29) is 0 Å². The van der Waals surface area contributed by atoms with E-state index in [1.165, 1.54) is 57.5 Å². The monoisotopic (exact) mass is 399 g/mol. The fraction of sp³-hybridized carbons (Fsp3) is 0.370. The average Bonchev–Trinajstić information content (AvgIpc) is 2.77. The van der Waals surface area contributed by atoms with Crippen molar-refractivity contribution < 1.29 is 0 Å². The minimum absolute atomic E-state index is 0.555. The molecule has 0 amide bonds. The van der Waals surface area contributed by atoms with Gasteiger partial charge in [0.2, 0.25) is 0 Å². The number of aromatic nitrogens is 1. The molecular formula is C27H33N3. The topological polar surface area (TPSA) is 28.2 Å². The van der Waals surface area contributed by atoms with Crippen molar-refractivity contribution in [1.29, 1.82) is 0 Å². The fourth-order valence-corrected chi connectivity index (χ4v) is 4.55. The summed E-state index contributed by atoms with van der Waals surface area (Å²) in [6.07, 6.45) is 6.38. The van der Waals surface area contributed by atoms with Crippen LogP contribution in [-0.4, -0.2) is 24.1 Å². The van der Waals surface area contributed by atoms with Gasteiger partial charge in [0.15, 0.2) is 0 Å². The molecule has 1 fully saturated rings. The van der Waals surface area contributed by atoms with Crippen LogP contribution in [-0.2, 0) is 6.54 Å². The van der Waals surface area contributed by atoms with Gasteiger partial charge in [-0.1, -0.05) is 30.3 Å². The van der Waals surface area contributed by atoms with Gasteiger partial charge in [0.25, 0.3) is 0 Å². The molecule has 0 aliphatic carbocycles. The zero-order valence-electron chi connectivity index (χ0n) is 18.7. The van der Waals surface area contributed by atoms with Crippen LogP contribution in [0.3, 0.4) is 0 Å². The lowest BCUT2D eigenvalue weighted by atomic mass is 9.96. The molecule has 4 rings (SSSR count). The molecule has 0 spiro atoms. The minimum Gasteiger partial charge on any atom is -0.364 e. The summed E-state index contributed by atoms with van der Waals surface area (Å²) >= 11 is 0. The van der Waals surface area contributed by atoms with Crippen LogP contribution in [0.2, 0.25) is 0 Å². The van der Waals surface area contributed by atoms with Gasteiger partial charge in [0.1, 0.15) is 0 Å². The van der Waals surface area contributed by atoms with Gasteiger partial charge >= 0.3 is 0 Å². The normalized spacial score (nSPS) is 14.7. The van der Waals surface area contributed by atoms with E-state index in [0.717, 1.165) is 19.6 Å². The van der Waals surface area contributed by atoms with Crippen molar-refractivity contribution in [3.8, 4) is 11.1 Å². The summed E-state index contributed by atoms with van der Waals surface area (Å²) in [5.41, 5.74) is 10.5. The molecule has 0 unspecified atom stereocenters. The lowest BCUT2D eigenvalue weighted by molar-refractivity contribution is 0.427. The van der Waals surface area contributed by atoms with E-state index in [1.807, 2.05) is 12.4 Å². The number of hydrogen-bond acceptors (Lipinski definition) is 3. The number of anilines is 1. The van der Waals surface area contributed by atoms with Crippen molar-refractivity contribution in [2.45, 2.75) is 53.1 Å². The van der Waals surface area contributed by atoms with Crippen LogP contribution in [0.4, 0.5) is 5.69 Å². The summed E-state index contributed by atoms with van der Waals surface area (Å²) in [7, 11) is 0. The highest BCUT2D eigenvalue weighted by Crippen LogP contribution is 2.29. The molecule has 0 saturated carbocycles. The number of hydrogen-bond donors (Lipinski definition) is 1. The molecule has 30 heavy (non-hydrogen) atoms. The van der Waals surface area contributed by atoms with E-state index < -0.39 is 0 Å². The number of benzene rings is 2. The highest BCUT2D eigenvalue weighted by atomic mass is 15.2. The molecule has 1 aliphatic rings. The van der Waals surface area contributed by atoms with Crippen molar-refractivity contribution in [1.82, 2.24) is 10.3 Å².